The lowest BCUT2D eigenvalue weighted by Crippen LogP contribution is -2.32. The van der Waals surface area contributed by atoms with E-state index in [1.165, 1.54) is 0 Å². The van der Waals surface area contributed by atoms with Crippen molar-refractivity contribution in [1.29, 1.82) is 0 Å². The van der Waals surface area contributed by atoms with Gasteiger partial charge in [-0.2, -0.15) is 0 Å². The third-order valence-electron chi connectivity index (χ3n) is 4.25. The molecule has 0 saturated heterocycles. The van der Waals surface area contributed by atoms with Gasteiger partial charge in [-0.3, -0.25) is 4.79 Å². The van der Waals surface area contributed by atoms with Gasteiger partial charge in [0.05, 0.1) is 23.0 Å². The average Bonchev–Trinajstić information content (AvgIpc) is 2.96. The molecular weight excluding hydrogens is 387 g/mol. The molecule has 27 heavy (non-hydrogen) atoms. The third kappa shape index (κ3) is 4.60. The van der Waals surface area contributed by atoms with E-state index in [2.05, 4.69) is 10.6 Å². The fourth-order valence-corrected chi connectivity index (χ4v) is 3.41. The van der Waals surface area contributed by atoms with Crippen molar-refractivity contribution < 1.29 is 14.3 Å². The van der Waals surface area contributed by atoms with Crippen LogP contribution in [0.4, 0.5) is 11.4 Å². The maximum atomic E-state index is 12.6. The molecule has 1 aliphatic rings. The summed E-state index contributed by atoms with van der Waals surface area (Å²) in [6.45, 7) is 6.25. The van der Waals surface area contributed by atoms with Gasteiger partial charge >= 0.3 is 0 Å². The Kier molecular flexibility index (Phi) is 6.02. The van der Waals surface area contributed by atoms with Crippen LogP contribution in [0.5, 0.6) is 11.5 Å². The fourth-order valence-electron chi connectivity index (χ4n) is 2.96. The standard InChI is InChI=1S/C20H22Cl2N2O3/c1-4-26-19-8-13-7-11(2)27-18(13)10-17(19)23-12(3)20(25)24-16-6-5-14(21)9-15(16)22/h5-6,8-12,23H,4,7H2,1-3H3,(H,24,25)/t11-,12-/m0/s1. The van der Waals surface area contributed by atoms with E-state index in [-0.39, 0.29) is 12.0 Å². The molecule has 0 fully saturated rings. The van der Waals surface area contributed by atoms with Gasteiger partial charge in [-0.15, -0.1) is 0 Å². The summed E-state index contributed by atoms with van der Waals surface area (Å²) in [5.41, 5.74) is 2.34. The second-order valence-corrected chi connectivity index (χ2v) is 7.34. The topological polar surface area (TPSA) is 59.6 Å². The first-order chi connectivity index (χ1) is 12.9. The third-order valence-corrected chi connectivity index (χ3v) is 4.80. The van der Waals surface area contributed by atoms with Crippen LogP contribution in [0.1, 0.15) is 26.3 Å². The second-order valence-electron chi connectivity index (χ2n) is 6.50. The van der Waals surface area contributed by atoms with Gasteiger partial charge in [0.15, 0.2) is 0 Å². The fraction of sp³-hybridized carbons (Fsp3) is 0.350. The van der Waals surface area contributed by atoms with Crippen LogP contribution >= 0.6 is 23.2 Å². The molecule has 2 aromatic carbocycles. The average molecular weight is 409 g/mol. The molecule has 3 rings (SSSR count). The first-order valence-corrected chi connectivity index (χ1v) is 9.61. The smallest absolute Gasteiger partial charge is 0.246 e. The number of carbonyl (C=O) groups excluding carboxylic acids is 1. The van der Waals surface area contributed by atoms with E-state index in [0.717, 1.165) is 23.4 Å². The molecule has 1 aliphatic heterocycles. The predicted octanol–water partition coefficient (Wildman–Crippen LogP) is 5.15. The number of carbonyl (C=O) groups is 1. The Labute approximate surface area is 168 Å². The zero-order valence-corrected chi connectivity index (χ0v) is 16.9. The van der Waals surface area contributed by atoms with Crippen LogP contribution in [0.15, 0.2) is 30.3 Å². The molecular formula is C20H22Cl2N2O3. The summed E-state index contributed by atoms with van der Waals surface area (Å²) < 4.78 is 11.6. The van der Waals surface area contributed by atoms with Crippen molar-refractivity contribution in [1.82, 2.24) is 0 Å². The van der Waals surface area contributed by atoms with Crippen molar-refractivity contribution in [3.63, 3.8) is 0 Å². The number of hydrogen-bond acceptors (Lipinski definition) is 4. The Morgan fingerprint density at radius 3 is 2.78 bits per heavy atom. The van der Waals surface area contributed by atoms with Gasteiger partial charge in [0.2, 0.25) is 5.91 Å². The van der Waals surface area contributed by atoms with Crippen LogP contribution in [0.3, 0.4) is 0 Å². The van der Waals surface area contributed by atoms with Crippen LogP contribution in [-0.4, -0.2) is 24.7 Å². The Hall–Kier alpha value is -2.11. The maximum absolute atomic E-state index is 12.6. The second kappa shape index (κ2) is 8.28. The molecule has 2 N–H and O–H groups in total. The Morgan fingerprint density at radius 1 is 1.30 bits per heavy atom. The van der Waals surface area contributed by atoms with E-state index < -0.39 is 6.04 Å². The number of halogens is 2. The van der Waals surface area contributed by atoms with Gasteiger partial charge in [-0.05, 0) is 45.0 Å². The number of fused-ring (bicyclic) bond motifs is 1. The largest absolute Gasteiger partial charge is 0.492 e. The van der Waals surface area contributed by atoms with E-state index in [0.29, 0.717) is 28.1 Å². The zero-order valence-electron chi connectivity index (χ0n) is 15.4. The molecule has 1 amide bonds. The molecule has 2 aromatic rings. The summed E-state index contributed by atoms with van der Waals surface area (Å²) in [7, 11) is 0. The minimum absolute atomic E-state index is 0.137. The van der Waals surface area contributed by atoms with Gasteiger partial charge in [0.25, 0.3) is 0 Å². The highest BCUT2D eigenvalue weighted by molar-refractivity contribution is 6.36. The predicted molar refractivity (Wildman–Crippen MR) is 110 cm³/mol. The van der Waals surface area contributed by atoms with Gasteiger partial charge in [-0.1, -0.05) is 23.2 Å². The summed E-state index contributed by atoms with van der Waals surface area (Å²) in [5, 5.41) is 6.91. The van der Waals surface area contributed by atoms with Crippen LogP contribution in [0.25, 0.3) is 0 Å². The minimum Gasteiger partial charge on any atom is -0.492 e. The van der Waals surface area contributed by atoms with Crippen molar-refractivity contribution in [2.45, 2.75) is 39.3 Å². The van der Waals surface area contributed by atoms with Crippen LogP contribution < -0.4 is 20.1 Å². The van der Waals surface area contributed by atoms with E-state index >= 15 is 0 Å². The summed E-state index contributed by atoms with van der Waals surface area (Å²) in [6.07, 6.45) is 0.985. The van der Waals surface area contributed by atoms with E-state index in [1.807, 2.05) is 26.0 Å². The highest BCUT2D eigenvalue weighted by Gasteiger charge is 2.23. The van der Waals surface area contributed by atoms with Crippen molar-refractivity contribution in [2.24, 2.45) is 0 Å². The van der Waals surface area contributed by atoms with Crippen LogP contribution in [0, 0.1) is 0 Å². The molecule has 7 heteroatoms. The van der Waals surface area contributed by atoms with Crippen LogP contribution in [-0.2, 0) is 11.2 Å². The first-order valence-electron chi connectivity index (χ1n) is 8.86. The molecule has 0 saturated carbocycles. The van der Waals surface area contributed by atoms with Gasteiger partial charge in [-0.25, -0.2) is 0 Å². The quantitative estimate of drug-likeness (QED) is 0.693. The summed E-state index contributed by atoms with van der Waals surface area (Å²) >= 11 is 12.0. The molecule has 144 valence electrons. The van der Waals surface area contributed by atoms with E-state index in [4.69, 9.17) is 32.7 Å². The van der Waals surface area contributed by atoms with Gasteiger partial charge in [0.1, 0.15) is 23.6 Å². The lowest BCUT2D eigenvalue weighted by Gasteiger charge is -2.19. The SMILES string of the molecule is CCOc1cc2c(cc1N[C@@H](C)C(=O)Nc1ccc(Cl)cc1Cl)O[C@@H](C)C2. The Morgan fingerprint density at radius 2 is 2.07 bits per heavy atom. The van der Waals surface area contributed by atoms with Crippen molar-refractivity contribution in [2.75, 3.05) is 17.2 Å². The lowest BCUT2D eigenvalue weighted by molar-refractivity contribution is -0.116. The zero-order chi connectivity index (χ0) is 19.6. The number of anilines is 2. The summed E-state index contributed by atoms with van der Waals surface area (Å²) in [4.78, 5) is 12.6. The highest BCUT2D eigenvalue weighted by atomic mass is 35.5. The van der Waals surface area contributed by atoms with Crippen LogP contribution in [0.2, 0.25) is 10.0 Å². The number of benzene rings is 2. The van der Waals surface area contributed by atoms with Gasteiger partial charge in [0, 0.05) is 23.1 Å². The molecule has 0 spiro atoms. The molecule has 0 aromatic heterocycles. The molecule has 0 unspecified atom stereocenters. The van der Waals surface area contributed by atoms with E-state index in [9.17, 15) is 4.79 Å². The first kappa shape index (κ1) is 19.6. The summed E-state index contributed by atoms with van der Waals surface area (Å²) in [6, 6.07) is 8.28. The summed E-state index contributed by atoms with van der Waals surface area (Å²) in [5.74, 6) is 1.30. The minimum atomic E-state index is -0.521. The highest BCUT2D eigenvalue weighted by Crippen LogP contribution is 2.38. The maximum Gasteiger partial charge on any atom is 0.246 e. The number of rotatable bonds is 6. The Balaban J connectivity index is 1.75. The molecule has 0 bridgehead atoms. The van der Waals surface area contributed by atoms with Crippen molar-refractivity contribution >= 4 is 40.5 Å². The molecule has 1 heterocycles. The van der Waals surface area contributed by atoms with Gasteiger partial charge < -0.3 is 20.1 Å². The molecule has 0 radical (unpaired) electrons. The number of amides is 1. The molecule has 2 atom stereocenters. The van der Waals surface area contributed by atoms with E-state index in [1.54, 1.807) is 25.1 Å². The van der Waals surface area contributed by atoms with Crippen molar-refractivity contribution in [3.8, 4) is 11.5 Å². The number of nitrogens with one attached hydrogen (secondary N) is 2. The number of hydrogen-bond donors (Lipinski definition) is 2. The van der Waals surface area contributed by atoms with Crippen molar-refractivity contribution in [3.05, 3.63) is 45.9 Å². The normalized spacial score (nSPS) is 16.3. The monoisotopic (exact) mass is 408 g/mol. The molecule has 5 nitrogen and oxygen atoms in total. The number of ether oxygens (including phenoxy) is 2. The molecule has 0 aliphatic carbocycles. The Bertz CT molecular complexity index is 857. The lowest BCUT2D eigenvalue weighted by atomic mass is 10.1.